The number of hydrogen-bond donors (Lipinski definition) is 1. The maximum atomic E-state index is 5.64. The van der Waals surface area contributed by atoms with Crippen LogP contribution < -0.4 is 5.73 Å². The van der Waals surface area contributed by atoms with Gasteiger partial charge in [-0.1, -0.05) is 17.4 Å². The molecule has 0 saturated heterocycles. The van der Waals surface area contributed by atoms with Crippen molar-refractivity contribution in [1.29, 1.82) is 0 Å². The van der Waals surface area contributed by atoms with E-state index in [0.29, 0.717) is 11.5 Å². The van der Waals surface area contributed by atoms with Gasteiger partial charge in [-0.3, -0.25) is 4.68 Å². The molecule has 0 amide bonds. The van der Waals surface area contributed by atoms with Gasteiger partial charge < -0.3 is 10.3 Å². The lowest BCUT2D eigenvalue weighted by Crippen LogP contribution is -2.08. The lowest BCUT2D eigenvalue weighted by atomic mass is 10.1. The molecule has 19 heavy (non-hydrogen) atoms. The van der Waals surface area contributed by atoms with Gasteiger partial charge in [0.05, 0.1) is 6.54 Å². The second-order valence-electron chi connectivity index (χ2n) is 4.47. The van der Waals surface area contributed by atoms with E-state index < -0.39 is 0 Å². The number of thiocarbonyl (C=S) groups is 1. The minimum Gasteiger partial charge on any atom is -0.389 e. The first-order valence-corrected chi connectivity index (χ1v) is 6.28. The summed E-state index contributed by atoms with van der Waals surface area (Å²) in [6, 6.07) is 8.02. The Balaban J connectivity index is 1.99. The molecule has 2 N–H and O–H groups in total. The summed E-state index contributed by atoms with van der Waals surface area (Å²) < 4.78 is 3.83. The fourth-order valence-corrected chi connectivity index (χ4v) is 2.26. The van der Waals surface area contributed by atoms with Crippen LogP contribution in [0.1, 0.15) is 11.3 Å². The molecule has 0 aliphatic rings. The van der Waals surface area contributed by atoms with Crippen molar-refractivity contribution < 1.29 is 0 Å². The molecule has 6 heteroatoms. The van der Waals surface area contributed by atoms with E-state index in [0.717, 1.165) is 22.2 Å². The number of aromatic nitrogens is 4. The van der Waals surface area contributed by atoms with Crippen molar-refractivity contribution in [3.63, 3.8) is 0 Å². The van der Waals surface area contributed by atoms with E-state index in [4.69, 9.17) is 18.0 Å². The minimum atomic E-state index is 0.420. The Morgan fingerprint density at radius 2 is 2.21 bits per heavy atom. The van der Waals surface area contributed by atoms with Gasteiger partial charge in [0.2, 0.25) is 0 Å². The van der Waals surface area contributed by atoms with E-state index in [2.05, 4.69) is 14.9 Å². The number of nitrogens with two attached hydrogens (primary N) is 1. The normalized spacial score (nSPS) is 11.0. The molecule has 0 bridgehead atoms. The van der Waals surface area contributed by atoms with Gasteiger partial charge in [-0.25, -0.2) is 0 Å². The van der Waals surface area contributed by atoms with Crippen molar-refractivity contribution >= 4 is 28.1 Å². The first kappa shape index (κ1) is 11.9. The van der Waals surface area contributed by atoms with Crippen molar-refractivity contribution in [1.82, 2.24) is 19.6 Å². The summed E-state index contributed by atoms with van der Waals surface area (Å²) in [5, 5.41) is 9.15. The van der Waals surface area contributed by atoms with E-state index in [9.17, 15) is 0 Å². The van der Waals surface area contributed by atoms with Crippen LogP contribution in [0, 0.1) is 0 Å². The van der Waals surface area contributed by atoms with E-state index in [1.807, 2.05) is 43.7 Å². The third-order valence-electron chi connectivity index (χ3n) is 3.04. The van der Waals surface area contributed by atoms with Gasteiger partial charge in [-0.15, -0.1) is 5.10 Å². The average molecular weight is 271 g/mol. The zero-order valence-corrected chi connectivity index (χ0v) is 11.3. The van der Waals surface area contributed by atoms with E-state index in [1.165, 1.54) is 0 Å². The minimum absolute atomic E-state index is 0.420. The van der Waals surface area contributed by atoms with Gasteiger partial charge in [0.1, 0.15) is 10.7 Å². The average Bonchev–Trinajstić information content (AvgIpc) is 2.96. The molecule has 2 heterocycles. The maximum Gasteiger partial charge on any atom is 0.104 e. The zero-order valence-electron chi connectivity index (χ0n) is 10.4. The molecule has 0 saturated carbocycles. The smallest absolute Gasteiger partial charge is 0.104 e. The molecule has 5 nitrogen and oxygen atoms in total. The molecule has 0 aliphatic carbocycles. The van der Waals surface area contributed by atoms with Crippen LogP contribution in [0.4, 0.5) is 0 Å². The van der Waals surface area contributed by atoms with Crippen LogP contribution in [0.15, 0.2) is 36.7 Å². The molecular weight excluding hydrogens is 258 g/mol. The third kappa shape index (κ3) is 2.22. The van der Waals surface area contributed by atoms with Gasteiger partial charge in [0.25, 0.3) is 0 Å². The fourth-order valence-electron chi connectivity index (χ4n) is 2.13. The van der Waals surface area contributed by atoms with Crippen LogP contribution in [0.5, 0.6) is 0 Å². The molecule has 0 radical (unpaired) electrons. The van der Waals surface area contributed by atoms with E-state index in [1.54, 1.807) is 4.68 Å². The Kier molecular flexibility index (Phi) is 2.79. The van der Waals surface area contributed by atoms with Gasteiger partial charge in [0, 0.05) is 35.9 Å². The Labute approximate surface area is 115 Å². The van der Waals surface area contributed by atoms with Crippen LogP contribution in [-0.2, 0) is 13.6 Å². The number of rotatable bonds is 3. The Morgan fingerprint density at radius 3 is 2.89 bits per heavy atom. The van der Waals surface area contributed by atoms with Crippen LogP contribution in [0.25, 0.3) is 10.9 Å². The molecule has 96 valence electrons. The molecular formula is C13H13N5S. The molecule has 0 aliphatic heterocycles. The summed E-state index contributed by atoms with van der Waals surface area (Å²) in [5.74, 6) is 0. The molecule has 2 aromatic heterocycles. The molecule has 3 aromatic rings. The van der Waals surface area contributed by atoms with Crippen LogP contribution in [0.2, 0.25) is 0 Å². The predicted octanol–water partition coefficient (Wildman–Crippen LogP) is 1.45. The van der Waals surface area contributed by atoms with E-state index in [-0.39, 0.29) is 0 Å². The number of fused-ring (bicyclic) bond motifs is 1. The largest absolute Gasteiger partial charge is 0.389 e. The molecule has 0 fully saturated rings. The van der Waals surface area contributed by atoms with Gasteiger partial charge in [0.15, 0.2) is 0 Å². The monoisotopic (exact) mass is 271 g/mol. The first-order chi connectivity index (χ1) is 9.13. The summed E-state index contributed by atoms with van der Waals surface area (Å²) in [4.78, 5) is 0.420. The Morgan fingerprint density at radius 1 is 1.37 bits per heavy atom. The van der Waals surface area contributed by atoms with Crippen LogP contribution >= 0.6 is 12.2 Å². The van der Waals surface area contributed by atoms with Crippen LogP contribution in [0.3, 0.4) is 0 Å². The number of aryl methyl sites for hydroxylation is 1. The van der Waals surface area contributed by atoms with Crippen molar-refractivity contribution in [3.8, 4) is 0 Å². The Hall–Kier alpha value is -2.21. The standard InChI is InChI=1S/C13H13N5S/c1-17-7-11(15-16-17)8-18-5-4-9-6-10(13(14)19)2-3-12(9)18/h2-7H,8H2,1H3,(H2,14,19). The summed E-state index contributed by atoms with van der Waals surface area (Å²) in [7, 11) is 1.86. The van der Waals surface area contributed by atoms with E-state index >= 15 is 0 Å². The highest BCUT2D eigenvalue weighted by molar-refractivity contribution is 7.80. The predicted molar refractivity (Wildman–Crippen MR) is 77.9 cm³/mol. The second-order valence-corrected chi connectivity index (χ2v) is 4.90. The molecule has 3 rings (SSSR count). The SMILES string of the molecule is Cn1cc(Cn2ccc3cc(C(N)=S)ccc32)nn1. The number of hydrogen-bond acceptors (Lipinski definition) is 3. The summed E-state index contributed by atoms with van der Waals surface area (Å²) in [5.41, 5.74) is 8.59. The quantitative estimate of drug-likeness (QED) is 0.732. The number of benzene rings is 1. The highest BCUT2D eigenvalue weighted by atomic mass is 32.1. The van der Waals surface area contributed by atoms with Crippen molar-refractivity contribution in [3.05, 3.63) is 47.9 Å². The first-order valence-electron chi connectivity index (χ1n) is 5.87. The second kappa shape index (κ2) is 4.47. The van der Waals surface area contributed by atoms with Crippen molar-refractivity contribution in [2.24, 2.45) is 12.8 Å². The molecule has 0 atom stereocenters. The molecule has 0 spiro atoms. The fraction of sp³-hybridized carbons (Fsp3) is 0.154. The Bertz CT molecular complexity index is 755. The molecule has 1 aromatic carbocycles. The maximum absolute atomic E-state index is 5.64. The lowest BCUT2D eigenvalue weighted by Gasteiger charge is -2.03. The lowest BCUT2D eigenvalue weighted by molar-refractivity contribution is 0.711. The highest BCUT2D eigenvalue weighted by Crippen LogP contribution is 2.18. The highest BCUT2D eigenvalue weighted by Gasteiger charge is 2.06. The summed E-state index contributed by atoms with van der Waals surface area (Å²) in [6.45, 7) is 0.698. The molecule has 0 unspecified atom stereocenters. The number of nitrogens with zero attached hydrogens (tertiary/aromatic N) is 4. The van der Waals surface area contributed by atoms with Gasteiger partial charge >= 0.3 is 0 Å². The zero-order chi connectivity index (χ0) is 13.4. The van der Waals surface area contributed by atoms with Crippen molar-refractivity contribution in [2.75, 3.05) is 0 Å². The third-order valence-corrected chi connectivity index (χ3v) is 3.27. The van der Waals surface area contributed by atoms with Crippen LogP contribution in [-0.4, -0.2) is 24.5 Å². The summed E-state index contributed by atoms with van der Waals surface area (Å²) >= 11 is 4.99. The van der Waals surface area contributed by atoms with Crippen molar-refractivity contribution in [2.45, 2.75) is 6.54 Å². The topological polar surface area (TPSA) is 61.7 Å². The summed E-state index contributed by atoms with van der Waals surface area (Å²) in [6.07, 6.45) is 3.94. The van der Waals surface area contributed by atoms with Gasteiger partial charge in [-0.2, -0.15) is 0 Å². The van der Waals surface area contributed by atoms with Gasteiger partial charge in [-0.05, 0) is 24.3 Å².